The highest BCUT2D eigenvalue weighted by atomic mass is 32.2. The van der Waals surface area contributed by atoms with Crippen molar-refractivity contribution in [2.24, 2.45) is 0 Å². The zero-order valence-electron chi connectivity index (χ0n) is 16.4. The van der Waals surface area contributed by atoms with Crippen molar-refractivity contribution in [2.45, 2.75) is 31.0 Å². The molecule has 1 fully saturated rings. The summed E-state index contributed by atoms with van der Waals surface area (Å²) in [5.41, 5.74) is 2.82. The lowest BCUT2D eigenvalue weighted by molar-refractivity contribution is 0.0672. The number of benzene rings is 2. The van der Waals surface area contributed by atoms with Crippen LogP contribution in [0.15, 0.2) is 59.0 Å². The number of rotatable bonds is 6. The fourth-order valence-electron chi connectivity index (χ4n) is 3.15. The van der Waals surface area contributed by atoms with Gasteiger partial charge in [-0.1, -0.05) is 30.3 Å². The molecule has 0 unspecified atom stereocenters. The summed E-state index contributed by atoms with van der Waals surface area (Å²) < 4.78 is 6.28. The van der Waals surface area contributed by atoms with Crippen molar-refractivity contribution < 1.29 is 9.21 Å². The molecule has 0 atom stereocenters. The van der Waals surface area contributed by atoms with Crippen LogP contribution in [0.1, 0.15) is 40.2 Å². The van der Waals surface area contributed by atoms with E-state index in [4.69, 9.17) is 4.42 Å². The third-order valence-corrected chi connectivity index (χ3v) is 7.83. The summed E-state index contributed by atoms with van der Waals surface area (Å²) in [4.78, 5) is 14.9. The first-order chi connectivity index (χ1) is 14.1. The predicted molar refractivity (Wildman–Crippen MR) is 119 cm³/mol. The lowest BCUT2D eigenvalue weighted by Gasteiger charge is -2.25. The van der Waals surface area contributed by atoms with Crippen LogP contribution < -0.4 is 0 Å². The Morgan fingerprint density at radius 2 is 1.76 bits per heavy atom. The van der Waals surface area contributed by atoms with Crippen molar-refractivity contribution in [1.29, 1.82) is 0 Å². The zero-order valence-corrected chi connectivity index (χ0v) is 18.1. The van der Waals surface area contributed by atoms with Gasteiger partial charge in [0, 0.05) is 28.7 Å². The van der Waals surface area contributed by atoms with Crippen molar-refractivity contribution in [2.75, 3.05) is 11.5 Å². The van der Waals surface area contributed by atoms with Crippen LogP contribution >= 0.6 is 23.5 Å². The summed E-state index contributed by atoms with van der Waals surface area (Å²) in [6.07, 6.45) is 0. The van der Waals surface area contributed by atoms with Gasteiger partial charge in [-0.25, -0.2) is 0 Å². The van der Waals surface area contributed by atoms with E-state index < -0.39 is 0 Å². The number of hydrogen-bond acceptors (Lipinski definition) is 6. The molecule has 5 nitrogen and oxygen atoms in total. The number of amides is 1. The topological polar surface area (TPSA) is 59.2 Å². The number of carbonyl (C=O) groups is 1. The monoisotopic (exact) mass is 425 g/mol. The van der Waals surface area contributed by atoms with Gasteiger partial charge in [0.25, 0.3) is 5.91 Å². The van der Waals surface area contributed by atoms with E-state index in [-0.39, 0.29) is 18.5 Å². The molecule has 1 aliphatic heterocycles. The summed E-state index contributed by atoms with van der Waals surface area (Å²) in [6, 6.07) is 17.6. The molecular formula is C22H23N3O2S2. The Morgan fingerprint density at radius 3 is 2.41 bits per heavy atom. The van der Waals surface area contributed by atoms with Crippen LogP contribution in [0.25, 0.3) is 11.5 Å². The Hall–Kier alpha value is -2.25. The second kappa shape index (κ2) is 9.05. The number of thioether (sulfide) groups is 2. The van der Waals surface area contributed by atoms with E-state index in [1.54, 1.807) is 4.90 Å². The van der Waals surface area contributed by atoms with E-state index in [1.807, 2.05) is 79.8 Å². The first kappa shape index (κ1) is 20.0. The average molecular weight is 426 g/mol. The van der Waals surface area contributed by atoms with Gasteiger partial charge >= 0.3 is 0 Å². The molecule has 2 aromatic carbocycles. The van der Waals surface area contributed by atoms with E-state index in [0.29, 0.717) is 21.9 Å². The summed E-state index contributed by atoms with van der Waals surface area (Å²) in [5.74, 6) is 3.24. The molecule has 2 heterocycles. The van der Waals surface area contributed by atoms with Crippen molar-refractivity contribution in [1.82, 2.24) is 15.1 Å². The zero-order chi connectivity index (χ0) is 20.2. The highest BCUT2D eigenvalue weighted by molar-refractivity contribution is 8.19. The minimum Gasteiger partial charge on any atom is -0.419 e. The molecule has 7 heteroatoms. The number of aromatic nitrogens is 2. The molecule has 1 saturated heterocycles. The van der Waals surface area contributed by atoms with Gasteiger partial charge in [-0.2, -0.15) is 0 Å². The van der Waals surface area contributed by atoms with Crippen LogP contribution in [0, 0.1) is 0 Å². The second-order valence-corrected chi connectivity index (χ2v) is 9.81. The molecular weight excluding hydrogens is 402 g/mol. The quantitative estimate of drug-likeness (QED) is 0.536. The van der Waals surface area contributed by atoms with E-state index in [1.165, 1.54) is 17.1 Å². The van der Waals surface area contributed by atoms with Gasteiger partial charge in [-0.3, -0.25) is 4.79 Å². The SMILES string of the molecule is CC(C)N(Cc1nnc(-c2ccccc2)o1)C(=O)c1ccc(C2SCCS2)cc1. The summed E-state index contributed by atoms with van der Waals surface area (Å²) in [7, 11) is 0. The maximum absolute atomic E-state index is 13.1. The van der Waals surface area contributed by atoms with E-state index in [9.17, 15) is 4.79 Å². The van der Waals surface area contributed by atoms with Crippen LogP contribution in [0.2, 0.25) is 0 Å². The van der Waals surface area contributed by atoms with E-state index in [0.717, 1.165) is 5.56 Å². The average Bonchev–Trinajstić information content (AvgIpc) is 3.44. The molecule has 0 aliphatic carbocycles. The molecule has 0 bridgehead atoms. The molecule has 0 saturated carbocycles. The lowest BCUT2D eigenvalue weighted by atomic mass is 10.1. The molecule has 1 aliphatic rings. The van der Waals surface area contributed by atoms with Gasteiger partial charge in [0.1, 0.15) is 0 Å². The summed E-state index contributed by atoms with van der Waals surface area (Å²) >= 11 is 3.93. The summed E-state index contributed by atoms with van der Waals surface area (Å²) in [5, 5.41) is 8.27. The van der Waals surface area contributed by atoms with Crippen molar-refractivity contribution in [3.05, 3.63) is 71.6 Å². The lowest BCUT2D eigenvalue weighted by Crippen LogP contribution is -2.36. The van der Waals surface area contributed by atoms with Crippen molar-refractivity contribution in [3.8, 4) is 11.5 Å². The molecule has 1 aromatic heterocycles. The maximum Gasteiger partial charge on any atom is 0.254 e. The fourth-order valence-corrected chi connectivity index (χ4v) is 6.01. The standard InChI is InChI=1S/C22H23N3O2S2/c1-15(2)25(14-19-23-24-20(27-19)16-6-4-3-5-7-16)21(26)17-8-10-18(11-9-17)22-28-12-13-29-22/h3-11,15,22H,12-14H2,1-2H3. The van der Waals surface area contributed by atoms with Crippen LogP contribution in [0.5, 0.6) is 0 Å². The van der Waals surface area contributed by atoms with Crippen LogP contribution in [0.4, 0.5) is 0 Å². The number of hydrogen-bond donors (Lipinski definition) is 0. The van der Waals surface area contributed by atoms with Gasteiger partial charge in [-0.15, -0.1) is 33.7 Å². The Kier molecular flexibility index (Phi) is 6.25. The Morgan fingerprint density at radius 1 is 1.07 bits per heavy atom. The first-order valence-electron chi connectivity index (χ1n) is 9.64. The smallest absolute Gasteiger partial charge is 0.254 e. The number of carbonyl (C=O) groups excluding carboxylic acids is 1. The van der Waals surface area contributed by atoms with Gasteiger partial charge in [0.15, 0.2) is 0 Å². The van der Waals surface area contributed by atoms with Crippen molar-refractivity contribution >= 4 is 29.4 Å². The highest BCUT2D eigenvalue weighted by Crippen LogP contribution is 2.45. The third-order valence-electron chi connectivity index (χ3n) is 4.73. The molecule has 150 valence electrons. The predicted octanol–water partition coefficient (Wildman–Crippen LogP) is 5.27. The van der Waals surface area contributed by atoms with E-state index >= 15 is 0 Å². The first-order valence-corrected chi connectivity index (χ1v) is 11.7. The normalized spacial score (nSPS) is 14.4. The molecule has 4 rings (SSSR count). The van der Waals surface area contributed by atoms with Gasteiger partial charge < -0.3 is 9.32 Å². The minimum atomic E-state index is -0.0299. The van der Waals surface area contributed by atoms with E-state index in [2.05, 4.69) is 22.3 Å². The molecule has 0 N–H and O–H groups in total. The second-order valence-electron chi connectivity index (χ2n) is 7.09. The molecule has 29 heavy (non-hydrogen) atoms. The third kappa shape index (κ3) is 4.67. The number of nitrogens with zero attached hydrogens (tertiary/aromatic N) is 3. The molecule has 0 radical (unpaired) electrons. The Bertz CT molecular complexity index is 952. The molecule has 0 spiro atoms. The van der Waals surface area contributed by atoms with Crippen LogP contribution in [-0.2, 0) is 6.54 Å². The Labute approximate surface area is 179 Å². The van der Waals surface area contributed by atoms with Gasteiger partial charge in [-0.05, 0) is 43.7 Å². The van der Waals surface area contributed by atoms with Crippen LogP contribution in [-0.4, -0.2) is 38.6 Å². The van der Waals surface area contributed by atoms with Crippen LogP contribution in [0.3, 0.4) is 0 Å². The molecule has 3 aromatic rings. The van der Waals surface area contributed by atoms with Gasteiger partial charge in [0.2, 0.25) is 11.8 Å². The highest BCUT2D eigenvalue weighted by Gasteiger charge is 2.23. The van der Waals surface area contributed by atoms with Crippen molar-refractivity contribution in [3.63, 3.8) is 0 Å². The largest absolute Gasteiger partial charge is 0.419 e. The van der Waals surface area contributed by atoms with Gasteiger partial charge in [0.05, 0.1) is 11.1 Å². The fraction of sp³-hybridized carbons (Fsp3) is 0.318. The minimum absolute atomic E-state index is 0.00944. The maximum atomic E-state index is 13.1. The summed E-state index contributed by atoms with van der Waals surface area (Å²) in [6.45, 7) is 4.27. The molecule has 1 amide bonds. The Balaban J connectivity index is 1.49.